The fourth-order valence-electron chi connectivity index (χ4n) is 2.06. The Morgan fingerprint density at radius 3 is 2.88 bits per heavy atom. The average molecular weight is 223 g/mol. The number of rotatable bonds is 2. The van der Waals surface area contributed by atoms with Gasteiger partial charge >= 0.3 is 5.97 Å². The van der Waals surface area contributed by atoms with Crippen molar-refractivity contribution in [3.8, 4) is 0 Å². The highest BCUT2D eigenvalue weighted by Crippen LogP contribution is 2.31. The minimum atomic E-state index is -0.966. The summed E-state index contributed by atoms with van der Waals surface area (Å²) in [7, 11) is 1.71. The van der Waals surface area contributed by atoms with Crippen LogP contribution in [0.15, 0.2) is 22.8 Å². The number of Topliss-reactive ketones (excluding diaryl/α,β-unsaturated/α-hetero) is 1. The summed E-state index contributed by atoms with van der Waals surface area (Å²) in [6.07, 6.45) is 1.91. The summed E-state index contributed by atoms with van der Waals surface area (Å²) in [6, 6.07) is 2.48. The zero-order chi connectivity index (χ0) is 11.7. The van der Waals surface area contributed by atoms with Gasteiger partial charge in [0, 0.05) is 12.8 Å². The Balaban J connectivity index is 2.25. The standard InChI is InChI=1S/C11H13NO4/c1-12-8(10-3-2-4-16-10)5-7(13)6-9(12)11(14)15/h2-4,8-9H,5-6H2,1H3,(H,14,15). The van der Waals surface area contributed by atoms with Gasteiger partial charge in [-0.1, -0.05) is 0 Å². The number of carboxylic acid groups (broad SMARTS) is 1. The number of ketones is 1. The number of likely N-dealkylation sites (N-methyl/N-ethyl adjacent to an activating group) is 1. The smallest absolute Gasteiger partial charge is 0.321 e. The molecular weight excluding hydrogens is 210 g/mol. The van der Waals surface area contributed by atoms with Crippen LogP contribution in [0.5, 0.6) is 0 Å². The zero-order valence-electron chi connectivity index (χ0n) is 8.92. The molecule has 1 aliphatic rings. The van der Waals surface area contributed by atoms with Gasteiger partial charge in [0.05, 0.1) is 12.3 Å². The molecule has 86 valence electrons. The number of aliphatic carboxylic acids is 1. The van der Waals surface area contributed by atoms with Crippen LogP contribution in [0.4, 0.5) is 0 Å². The molecule has 5 nitrogen and oxygen atoms in total. The lowest BCUT2D eigenvalue weighted by Gasteiger charge is -2.35. The molecule has 2 rings (SSSR count). The second-order valence-corrected chi connectivity index (χ2v) is 4.00. The molecule has 1 fully saturated rings. The number of hydrogen-bond acceptors (Lipinski definition) is 4. The average Bonchev–Trinajstić information content (AvgIpc) is 2.73. The molecule has 0 bridgehead atoms. The van der Waals surface area contributed by atoms with E-state index in [4.69, 9.17) is 9.52 Å². The van der Waals surface area contributed by atoms with E-state index in [1.54, 1.807) is 24.1 Å². The number of carbonyl (C=O) groups excluding carboxylic acids is 1. The number of piperidine rings is 1. The van der Waals surface area contributed by atoms with Gasteiger partial charge in [-0.3, -0.25) is 14.5 Å². The molecule has 0 amide bonds. The summed E-state index contributed by atoms with van der Waals surface area (Å²) in [5, 5.41) is 9.02. The van der Waals surface area contributed by atoms with Crippen LogP contribution in [-0.2, 0) is 9.59 Å². The molecule has 2 heterocycles. The van der Waals surface area contributed by atoms with Crippen LogP contribution in [0, 0.1) is 0 Å². The van der Waals surface area contributed by atoms with Crippen LogP contribution in [0.25, 0.3) is 0 Å². The lowest BCUT2D eigenvalue weighted by atomic mass is 9.93. The number of hydrogen-bond donors (Lipinski definition) is 1. The van der Waals surface area contributed by atoms with Gasteiger partial charge < -0.3 is 9.52 Å². The topological polar surface area (TPSA) is 70.8 Å². The van der Waals surface area contributed by atoms with Crippen molar-refractivity contribution in [1.29, 1.82) is 0 Å². The predicted octanol–water partition coefficient (Wildman–Crippen LogP) is 1.07. The Morgan fingerprint density at radius 2 is 2.31 bits per heavy atom. The summed E-state index contributed by atoms with van der Waals surface area (Å²) in [4.78, 5) is 24.2. The van der Waals surface area contributed by atoms with Crippen molar-refractivity contribution in [3.63, 3.8) is 0 Å². The Labute approximate surface area is 92.7 Å². The minimum absolute atomic E-state index is 0.0353. The Hall–Kier alpha value is -1.62. The highest BCUT2D eigenvalue weighted by Gasteiger charge is 2.38. The van der Waals surface area contributed by atoms with Crippen LogP contribution in [-0.4, -0.2) is 34.8 Å². The van der Waals surface area contributed by atoms with Crippen molar-refractivity contribution in [2.45, 2.75) is 24.9 Å². The van der Waals surface area contributed by atoms with Gasteiger partial charge in [0.25, 0.3) is 0 Å². The Kier molecular flexibility index (Phi) is 2.78. The molecule has 1 saturated heterocycles. The largest absolute Gasteiger partial charge is 0.480 e. The molecule has 0 saturated carbocycles. The Morgan fingerprint density at radius 1 is 1.56 bits per heavy atom. The second-order valence-electron chi connectivity index (χ2n) is 4.00. The lowest BCUT2D eigenvalue weighted by molar-refractivity contribution is -0.149. The second kappa shape index (κ2) is 4.09. The first-order valence-corrected chi connectivity index (χ1v) is 5.09. The first kappa shape index (κ1) is 10.9. The van der Waals surface area contributed by atoms with Gasteiger partial charge in [-0.25, -0.2) is 0 Å². The summed E-state index contributed by atoms with van der Waals surface area (Å²) in [5.74, 6) is -0.360. The quantitative estimate of drug-likeness (QED) is 0.812. The van der Waals surface area contributed by atoms with E-state index >= 15 is 0 Å². The summed E-state index contributed by atoms with van der Waals surface area (Å²) in [6.45, 7) is 0. The zero-order valence-corrected chi connectivity index (χ0v) is 8.92. The molecule has 2 unspecified atom stereocenters. The molecular formula is C11H13NO4. The third kappa shape index (κ3) is 1.86. The molecule has 1 N–H and O–H groups in total. The van der Waals surface area contributed by atoms with E-state index < -0.39 is 12.0 Å². The van der Waals surface area contributed by atoms with Crippen LogP contribution in [0.3, 0.4) is 0 Å². The van der Waals surface area contributed by atoms with Crippen LogP contribution >= 0.6 is 0 Å². The fraction of sp³-hybridized carbons (Fsp3) is 0.455. The molecule has 1 aromatic heterocycles. The summed E-state index contributed by atoms with van der Waals surface area (Å²) >= 11 is 0. The third-order valence-corrected chi connectivity index (χ3v) is 2.98. The van der Waals surface area contributed by atoms with Crippen molar-refractivity contribution in [2.24, 2.45) is 0 Å². The van der Waals surface area contributed by atoms with Crippen LogP contribution in [0.1, 0.15) is 24.6 Å². The molecule has 0 aromatic carbocycles. The van der Waals surface area contributed by atoms with E-state index in [1.165, 1.54) is 6.26 Å². The molecule has 1 aromatic rings. The first-order chi connectivity index (χ1) is 7.59. The van der Waals surface area contributed by atoms with E-state index in [-0.39, 0.29) is 18.2 Å². The maximum Gasteiger partial charge on any atom is 0.321 e. The molecule has 2 atom stereocenters. The number of carbonyl (C=O) groups is 2. The van der Waals surface area contributed by atoms with E-state index in [0.29, 0.717) is 12.2 Å². The van der Waals surface area contributed by atoms with Gasteiger partial charge in [0.2, 0.25) is 0 Å². The normalized spacial score (nSPS) is 26.9. The van der Waals surface area contributed by atoms with Crippen molar-refractivity contribution < 1.29 is 19.1 Å². The minimum Gasteiger partial charge on any atom is -0.480 e. The number of carboxylic acids is 1. The van der Waals surface area contributed by atoms with Crippen molar-refractivity contribution in [1.82, 2.24) is 4.90 Å². The van der Waals surface area contributed by atoms with Crippen molar-refractivity contribution in [2.75, 3.05) is 7.05 Å². The highest BCUT2D eigenvalue weighted by molar-refractivity contribution is 5.87. The SMILES string of the molecule is CN1C(C(=O)O)CC(=O)CC1c1ccco1. The van der Waals surface area contributed by atoms with Crippen LogP contribution in [0.2, 0.25) is 0 Å². The van der Waals surface area contributed by atoms with Gasteiger partial charge in [0.1, 0.15) is 17.6 Å². The van der Waals surface area contributed by atoms with Gasteiger partial charge in [-0.05, 0) is 19.2 Å². The highest BCUT2D eigenvalue weighted by atomic mass is 16.4. The molecule has 5 heteroatoms. The third-order valence-electron chi connectivity index (χ3n) is 2.98. The monoisotopic (exact) mass is 223 g/mol. The van der Waals surface area contributed by atoms with E-state index in [9.17, 15) is 9.59 Å². The van der Waals surface area contributed by atoms with Gasteiger partial charge in [0.15, 0.2) is 0 Å². The molecule has 0 aliphatic carbocycles. The number of likely N-dealkylation sites (tertiary alicyclic amines) is 1. The first-order valence-electron chi connectivity index (χ1n) is 5.09. The van der Waals surface area contributed by atoms with Crippen molar-refractivity contribution >= 4 is 11.8 Å². The Bertz CT molecular complexity index is 398. The number of furan rings is 1. The molecule has 1 aliphatic heterocycles. The lowest BCUT2D eigenvalue weighted by Crippen LogP contribution is -2.46. The van der Waals surface area contributed by atoms with E-state index in [1.807, 2.05) is 0 Å². The van der Waals surface area contributed by atoms with E-state index in [0.717, 1.165) is 0 Å². The van der Waals surface area contributed by atoms with Gasteiger partial charge in [-0.2, -0.15) is 0 Å². The summed E-state index contributed by atoms with van der Waals surface area (Å²) in [5.41, 5.74) is 0. The van der Waals surface area contributed by atoms with Crippen LogP contribution < -0.4 is 0 Å². The maximum atomic E-state index is 11.5. The summed E-state index contributed by atoms with van der Waals surface area (Å²) < 4.78 is 5.23. The maximum absolute atomic E-state index is 11.5. The van der Waals surface area contributed by atoms with Gasteiger partial charge in [-0.15, -0.1) is 0 Å². The molecule has 16 heavy (non-hydrogen) atoms. The molecule has 0 radical (unpaired) electrons. The van der Waals surface area contributed by atoms with Crippen molar-refractivity contribution in [3.05, 3.63) is 24.2 Å². The van der Waals surface area contributed by atoms with E-state index in [2.05, 4.69) is 0 Å². The number of nitrogens with zero attached hydrogens (tertiary/aromatic N) is 1. The molecule has 0 spiro atoms. The predicted molar refractivity (Wildman–Crippen MR) is 54.9 cm³/mol. The fourth-order valence-corrected chi connectivity index (χ4v) is 2.06.